The van der Waals surface area contributed by atoms with Crippen LogP contribution < -0.4 is 14.8 Å². The number of hydrogen-bond donors (Lipinski definition) is 1. The van der Waals surface area contributed by atoms with Gasteiger partial charge in [-0.25, -0.2) is 0 Å². The van der Waals surface area contributed by atoms with Crippen LogP contribution in [0.15, 0.2) is 70.5 Å². The highest BCUT2D eigenvalue weighted by Gasteiger charge is 2.17. The first kappa shape index (κ1) is 21.1. The Hall–Kier alpha value is -3.14. The van der Waals surface area contributed by atoms with Crippen LogP contribution in [0.4, 0.5) is 0 Å². The lowest BCUT2D eigenvalue weighted by atomic mass is 10.1. The maximum absolute atomic E-state index is 12.9. The molecule has 1 aliphatic rings. The zero-order chi connectivity index (χ0) is 21.6. The van der Waals surface area contributed by atoms with Crippen molar-refractivity contribution in [3.63, 3.8) is 0 Å². The molecule has 1 amide bonds. The molecule has 3 aromatic rings. The number of halogens is 1. The van der Waals surface area contributed by atoms with E-state index in [0.29, 0.717) is 47.4 Å². The fourth-order valence-electron chi connectivity index (χ4n) is 3.17. The average Bonchev–Trinajstić information content (AvgIpc) is 3.04. The van der Waals surface area contributed by atoms with Crippen LogP contribution in [0, 0.1) is 11.3 Å². The first-order valence-corrected chi connectivity index (χ1v) is 11.0. The number of carbonyl (C=O) groups excluding carboxylic acids is 1. The highest BCUT2D eigenvalue weighted by molar-refractivity contribution is 7.99. The van der Waals surface area contributed by atoms with Crippen molar-refractivity contribution in [3.8, 4) is 17.6 Å². The van der Waals surface area contributed by atoms with Gasteiger partial charge in [0.2, 0.25) is 0 Å². The summed E-state index contributed by atoms with van der Waals surface area (Å²) in [6.07, 6.45) is 0.792. The van der Waals surface area contributed by atoms with Gasteiger partial charge in [0.25, 0.3) is 5.91 Å². The molecule has 0 spiro atoms. The van der Waals surface area contributed by atoms with Crippen LogP contribution >= 0.6 is 23.4 Å². The number of nitrogens with one attached hydrogen (secondary N) is 1. The van der Waals surface area contributed by atoms with E-state index in [0.717, 1.165) is 21.8 Å². The van der Waals surface area contributed by atoms with E-state index in [1.807, 2.05) is 42.5 Å². The standard InChI is InChI=1S/C24H19ClN2O3S/c25-19-12-16(13-20-23(19)30-11-5-10-29-20)15-27-24(28)18-7-2-4-9-22(18)31-21-8-3-1-6-17(21)14-26/h1-4,6-9,12-13H,5,10-11,15H2,(H,27,28). The lowest BCUT2D eigenvalue weighted by Crippen LogP contribution is -2.23. The molecule has 0 fully saturated rings. The Bertz CT molecular complexity index is 1160. The molecule has 1 aliphatic heterocycles. The summed E-state index contributed by atoms with van der Waals surface area (Å²) in [4.78, 5) is 14.5. The monoisotopic (exact) mass is 450 g/mol. The number of hydrogen-bond acceptors (Lipinski definition) is 5. The maximum atomic E-state index is 12.9. The van der Waals surface area contributed by atoms with E-state index in [2.05, 4.69) is 11.4 Å². The van der Waals surface area contributed by atoms with E-state index >= 15 is 0 Å². The van der Waals surface area contributed by atoms with Crippen molar-refractivity contribution in [3.05, 3.63) is 82.4 Å². The van der Waals surface area contributed by atoms with E-state index in [1.54, 1.807) is 18.2 Å². The number of fused-ring (bicyclic) bond motifs is 1. The van der Waals surface area contributed by atoms with Gasteiger partial charge in [0.1, 0.15) is 6.07 Å². The van der Waals surface area contributed by atoms with Gasteiger partial charge in [-0.15, -0.1) is 0 Å². The Labute approximate surface area is 189 Å². The highest BCUT2D eigenvalue weighted by atomic mass is 35.5. The number of benzene rings is 3. The first-order valence-electron chi connectivity index (χ1n) is 9.78. The predicted octanol–water partition coefficient (Wildman–Crippen LogP) is 5.45. The summed E-state index contributed by atoms with van der Waals surface area (Å²) in [5, 5.41) is 12.7. The van der Waals surface area contributed by atoms with Gasteiger partial charge in [-0.05, 0) is 42.0 Å². The zero-order valence-electron chi connectivity index (χ0n) is 16.6. The molecule has 4 rings (SSSR count). The fraction of sp³-hybridized carbons (Fsp3) is 0.167. The Kier molecular flexibility index (Phi) is 6.66. The van der Waals surface area contributed by atoms with Crippen LogP contribution in [0.2, 0.25) is 5.02 Å². The van der Waals surface area contributed by atoms with E-state index < -0.39 is 0 Å². The second-order valence-electron chi connectivity index (χ2n) is 6.84. The van der Waals surface area contributed by atoms with Crippen molar-refractivity contribution >= 4 is 29.3 Å². The van der Waals surface area contributed by atoms with E-state index in [4.69, 9.17) is 21.1 Å². The topological polar surface area (TPSA) is 71.4 Å². The molecule has 0 radical (unpaired) electrons. The molecule has 0 aliphatic carbocycles. The number of carbonyl (C=O) groups is 1. The molecule has 0 atom stereocenters. The van der Waals surface area contributed by atoms with Crippen molar-refractivity contribution in [2.75, 3.05) is 13.2 Å². The van der Waals surface area contributed by atoms with E-state index in [9.17, 15) is 10.1 Å². The summed E-state index contributed by atoms with van der Waals surface area (Å²) in [6.45, 7) is 1.42. The highest BCUT2D eigenvalue weighted by Crippen LogP contribution is 2.38. The largest absolute Gasteiger partial charge is 0.489 e. The van der Waals surface area contributed by atoms with Crippen LogP contribution in [0.1, 0.15) is 27.9 Å². The molecule has 7 heteroatoms. The van der Waals surface area contributed by atoms with Gasteiger partial charge in [-0.1, -0.05) is 47.6 Å². The van der Waals surface area contributed by atoms with Gasteiger partial charge in [-0.2, -0.15) is 5.26 Å². The molecule has 1 N–H and O–H groups in total. The number of nitrogens with zero attached hydrogens (tertiary/aromatic N) is 1. The van der Waals surface area contributed by atoms with Crippen LogP contribution in [-0.2, 0) is 6.54 Å². The van der Waals surface area contributed by atoms with Crippen molar-refractivity contribution < 1.29 is 14.3 Å². The Morgan fingerprint density at radius 3 is 2.65 bits per heavy atom. The molecule has 0 aromatic heterocycles. The SMILES string of the molecule is N#Cc1ccccc1Sc1ccccc1C(=O)NCc1cc(Cl)c2c(c1)OCCCO2. The minimum Gasteiger partial charge on any atom is -0.489 e. The number of rotatable bonds is 5. The Balaban J connectivity index is 1.51. The van der Waals surface area contributed by atoms with Gasteiger partial charge in [0.15, 0.2) is 11.5 Å². The zero-order valence-corrected chi connectivity index (χ0v) is 18.1. The molecule has 5 nitrogen and oxygen atoms in total. The van der Waals surface area contributed by atoms with Gasteiger partial charge in [0.05, 0.1) is 29.4 Å². The molecule has 3 aromatic carbocycles. The third kappa shape index (κ3) is 4.96. The van der Waals surface area contributed by atoms with Crippen molar-refractivity contribution in [1.29, 1.82) is 5.26 Å². The fourth-order valence-corrected chi connectivity index (χ4v) is 4.49. The molecule has 0 saturated carbocycles. The smallest absolute Gasteiger partial charge is 0.252 e. The third-order valence-corrected chi connectivity index (χ3v) is 6.11. The summed E-state index contributed by atoms with van der Waals surface area (Å²) < 4.78 is 11.4. The number of nitriles is 1. The predicted molar refractivity (Wildman–Crippen MR) is 120 cm³/mol. The second-order valence-corrected chi connectivity index (χ2v) is 8.34. The molecular formula is C24H19ClN2O3S. The van der Waals surface area contributed by atoms with Crippen molar-refractivity contribution in [1.82, 2.24) is 5.32 Å². The third-order valence-electron chi connectivity index (χ3n) is 4.67. The summed E-state index contributed by atoms with van der Waals surface area (Å²) >= 11 is 7.75. The van der Waals surface area contributed by atoms with Crippen LogP contribution in [0.3, 0.4) is 0 Å². The van der Waals surface area contributed by atoms with Crippen LogP contribution in [0.25, 0.3) is 0 Å². The summed E-state index contributed by atoms with van der Waals surface area (Å²) in [5.74, 6) is 0.936. The Morgan fingerprint density at radius 1 is 1.06 bits per heavy atom. The molecule has 31 heavy (non-hydrogen) atoms. The van der Waals surface area contributed by atoms with Gasteiger partial charge < -0.3 is 14.8 Å². The molecular weight excluding hydrogens is 432 g/mol. The minimum atomic E-state index is -0.208. The van der Waals surface area contributed by atoms with E-state index in [-0.39, 0.29) is 5.91 Å². The van der Waals surface area contributed by atoms with Gasteiger partial charge >= 0.3 is 0 Å². The molecule has 0 saturated heterocycles. The van der Waals surface area contributed by atoms with Gasteiger partial charge in [-0.3, -0.25) is 4.79 Å². The van der Waals surface area contributed by atoms with Crippen LogP contribution in [0.5, 0.6) is 11.5 Å². The molecule has 156 valence electrons. The maximum Gasteiger partial charge on any atom is 0.252 e. The minimum absolute atomic E-state index is 0.208. The summed E-state index contributed by atoms with van der Waals surface area (Å²) in [5.41, 5.74) is 1.94. The van der Waals surface area contributed by atoms with Crippen LogP contribution in [-0.4, -0.2) is 19.1 Å². The lowest BCUT2D eigenvalue weighted by Gasteiger charge is -2.13. The molecule has 1 heterocycles. The Morgan fingerprint density at radius 2 is 1.81 bits per heavy atom. The average molecular weight is 451 g/mol. The molecule has 0 unspecified atom stereocenters. The van der Waals surface area contributed by atoms with Crippen molar-refractivity contribution in [2.24, 2.45) is 0 Å². The van der Waals surface area contributed by atoms with E-state index in [1.165, 1.54) is 11.8 Å². The second kappa shape index (κ2) is 9.78. The quantitative estimate of drug-likeness (QED) is 0.559. The van der Waals surface area contributed by atoms with Gasteiger partial charge in [0, 0.05) is 22.8 Å². The summed E-state index contributed by atoms with van der Waals surface area (Å²) in [6, 6.07) is 20.5. The van der Waals surface area contributed by atoms with Crippen molar-refractivity contribution in [2.45, 2.75) is 22.8 Å². The summed E-state index contributed by atoms with van der Waals surface area (Å²) in [7, 11) is 0. The normalized spacial score (nSPS) is 12.5. The molecule has 0 bridgehead atoms. The number of ether oxygens (including phenoxy) is 2. The number of amides is 1. The first-order chi connectivity index (χ1) is 15.2. The lowest BCUT2D eigenvalue weighted by molar-refractivity contribution is 0.0948.